The molecular weight excluding hydrogens is 318 g/mol. The van der Waals surface area contributed by atoms with Gasteiger partial charge in [0.1, 0.15) is 11.8 Å². The summed E-state index contributed by atoms with van der Waals surface area (Å²) in [5.41, 5.74) is 0.559. The lowest BCUT2D eigenvalue weighted by Gasteiger charge is -2.33. The van der Waals surface area contributed by atoms with Crippen LogP contribution in [0.1, 0.15) is 45.2 Å². The molecule has 2 atom stereocenters. The van der Waals surface area contributed by atoms with E-state index in [2.05, 4.69) is 10.6 Å². The van der Waals surface area contributed by atoms with Gasteiger partial charge >= 0.3 is 0 Å². The van der Waals surface area contributed by atoms with Crippen molar-refractivity contribution >= 4 is 11.8 Å². The second-order valence-corrected chi connectivity index (χ2v) is 7.43. The molecule has 0 aliphatic carbocycles. The summed E-state index contributed by atoms with van der Waals surface area (Å²) in [5.74, 6) is 0.607. The molecule has 0 radical (unpaired) electrons. The molecular formula is C19H29N3O3. The van der Waals surface area contributed by atoms with Gasteiger partial charge in [-0.15, -0.1) is 0 Å². The lowest BCUT2D eigenvalue weighted by molar-refractivity contribution is -0.131. The van der Waals surface area contributed by atoms with E-state index >= 15 is 0 Å². The third kappa shape index (κ3) is 4.72. The molecule has 1 saturated heterocycles. The predicted molar refractivity (Wildman–Crippen MR) is 97.4 cm³/mol. The third-order valence-corrected chi connectivity index (χ3v) is 4.35. The summed E-state index contributed by atoms with van der Waals surface area (Å²) >= 11 is 0. The van der Waals surface area contributed by atoms with Crippen LogP contribution in [0.25, 0.3) is 0 Å². The number of nitrogens with zero attached hydrogens (tertiary/aromatic N) is 1. The van der Waals surface area contributed by atoms with Crippen LogP contribution in [0.2, 0.25) is 0 Å². The van der Waals surface area contributed by atoms with E-state index in [-0.39, 0.29) is 23.4 Å². The Bertz CT molecular complexity index is 607. The molecule has 0 unspecified atom stereocenters. The van der Waals surface area contributed by atoms with Crippen LogP contribution in [0.15, 0.2) is 24.3 Å². The van der Waals surface area contributed by atoms with Crippen LogP contribution in [0.4, 0.5) is 0 Å². The zero-order valence-corrected chi connectivity index (χ0v) is 15.8. The molecule has 0 bridgehead atoms. The molecule has 1 aromatic carbocycles. The minimum Gasteiger partial charge on any atom is -0.497 e. The number of methoxy groups -OCH3 is 1. The molecule has 0 saturated carbocycles. The van der Waals surface area contributed by atoms with Crippen LogP contribution in [0.5, 0.6) is 5.75 Å². The largest absolute Gasteiger partial charge is 0.497 e. The van der Waals surface area contributed by atoms with Gasteiger partial charge in [-0.25, -0.2) is 0 Å². The zero-order chi connectivity index (χ0) is 18.6. The molecule has 25 heavy (non-hydrogen) atoms. The van der Waals surface area contributed by atoms with Gasteiger partial charge < -0.3 is 15.4 Å². The number of amides is 2. The maximum Gasteiger partial charge on any atom is 0.241 e. The Morgan fingerprint density at radius 2 is 1.88 bits per heavy atom. The van der Waals surface area contributed by atoms with Crippen LogP contribution < -0.4 is 15.4 Å². The maximum absolute atomic E-state index is 12.7. The van der Waals surface area contributed by atoms with Crippen molar-refractivity contribution in [1.82, 2.24) is 15.5 Å². The van der Waals surface area contributed by atoms with E-state index in [1.807, 2.05) is 49.9 Å². The van der Waals surface area contributed by atoms with Gasteiger partial charge in [0.15, 0.2) is 0 Å². The minimum atomic E-state index is -0.492. The first-order chi connectivity index (χ1) is 11.8. The van der Waals surface area contributed by atoms with Crippen LogP contribution in [0.3, 0.4) is 0 Å². The number of ether oxygens (including phenoxy) is 1. The van der Waals surface area contributed by atoms with E-state index in [0.717, 1.165) is 24.2 Å². The molecule has 6 heteroatoms. The maximum atomic E-state index is 12.7. The number of nitrogens with one attached hydrogen (secondary N) is 2. The number of carbonyl (C=O) groups excluding carboxylic acids is 2. The van der Waals surface area contributed by atoms with E-state index < -0.39 is 6.04 Å². The van der Waals surface area contributed by atoms with E-state index in [4.69, 9.17) is 4.74 Å². The highest BCUT2D eigenvalue weighted by Crippen LogP contribution is 2.31. The fraction of sp³-hybridized carbons (Fsp3) is 0.579. The average Bonchev–Trinajstić information content (AvgIpc) is 3.03. The number of hydrogen-bond donors (Lipinski definition) is 2. The Hall–Kier alpha value is -2.08. The van der Waals surface area contributed by atoms with E-state index in [1.54, 1.807) is 14.2 Å². The monoisotopic (exact) mass is 347 g/mol. The molecule has 6 nitrogen and oxygen atoms in total. The number of benzene rings is 1. The zero-order valence-electron chi connectivity index (χ0n) is 15.8. The van der Waals surface area contributed by atoms with E-state index in [1.165, 1.54) is 0 Å². The molecule has 1 aliphatic rings. The Balaban J connectivity index is 2.29. The summed E-state index contributed by atoms with van der Waals surface area (Å²) in [6.07, 6.45) is 1.65. The fourth-order valence-corrected chi connectivity index (χ4v) is 3.25. The second-order valence-electron chi connectivity index (χ2n) is 7.43. The first-order valence-electron chi connectivity index (χ1n) is 8.70. The lowest BCUT2D eigenvalue weighted by atomic mass is 10.0. The first kappa shape index (κ1) is 19.2. The van der Waals surface area contributed by atoms with Gasteiger partial charge in [-0.1, -0.05) is 12.1 Å². The SMILES string of the molecule is CNC(=O)[C@@H](c1ccc(OC)cc1)N1CCC[C@H]1C(=O)NC(C)(C)C. The predicted octanol–water partition coefficient (Wildman–Crippen LogP) is 1.86. The Morgan fingerprint density at radius 1 is 1.24 bits per heavy atom. The molecule has 1 aliphatic heterocycles. The van der Waals surface area contributed by atoms with Crippen molar-refractivity contribution in [3.63, 3.8) is 0 Å². The van der Waals surface area contributed by atoms with E-state index in [9.17, 15) is 9.59 Å². The molecule has 1 heterocycles. The molecule has 0 spiro atoms. The molecule has 1 aromatic rings. The molecule has 2 rings (SSSR count). The Labute approximate surface area is 149 Å². The summed E-state index contributed by atoms with van der Waals surface area (Å²) in [5, 5.41) is 5.77. The molecule has 2 N–H and O–H groups in total. The minimum absolute atomic E-state index is 0.0209. The van der Waals surface area contributed by atoms with Gasteiger partial charge in [0.05, 0.1) is 13.2 Å². The van der Waals surface area contributed by atoms with Gasteiger partial charge in [-0.3, -0.25) is 14.5 Å². The number of carbonyl (C=O) groups is 2. The normalized spacial score (nSPS) is 19.3. The highest BCUT2D eigenvalue weighted by Gasteiger charge is 2.39. The summed E-state index contributed by atoms with van der Waals surface area (Å²) in [4.78, 5) is 27.3. The molecule has 138 valence electrons. The lowest BCUT2D eigenvalue weighted by Crippen LogP contribution is -2.52. The van der Waals surface area contributed by atoms with Crippen molar-refractivity contribution in [3.05, 3.63) is 29.8 Å². The summed E-state index contributed by atoms with van der Waals surface area (Å²) in [7, 11) is 3.23. The van der Waals surface area contributed by atoms with Crippen molar-refractivity contribution in [2.24, 2.45) is 0 Å². The summed E-state index contributed by atoms with van der Waals surface area (Å²) < 4.78 is 5.20. The smallest absolute Gasteiger partial charge is 0.241 e. The molecule has 0 aromatic heterocycles. The Kier molecular flexibility index (Phi) is 6.06. The van der Waals surface area contributed by atoms with Gasteiger partial charge in [0.2, 0.25) is 11.8 Å². The Morgan fingerprint density at radius 3 is 2.40 bits per heavy atom. The van der Waals surface area contributed by atoms with Gasteiger partial charge in [0, 0.05) is 19.1 Å². The van der Waals surface area contributed by atoms with Crippen molar-refractivity contribution in [2.75, 3.05) is 20.7 Å². The number of likely N-dealkylation sites (N-methyl/N-ethyl adjacent to an activating group) is 1. The summed E-state index contributed by atoms with van der Waals surface area (Å²) in [6.45, 7) is 6.60. The average molecular weight is 347 g/mol. The molecule has 1 fully saturated rings. The number of likely N-dealkylation sites (tertiary alicyclic amines) is 1. The highest BCUT2D eigenvalue weighted by atomic mass is 16.5. The number of rotatable bonds is 5. The van der Waals surface area contributed by atoms with Crippen LogP contribution in [0, 0.1) is 0 Å². The van der Waals surface area contributed by atoms with Crippen LogP contribution in [-0.2, 0) is 9.59 Å². The van der Waals surface area contributed by atoms with Crippen molar-refractivity contribution in [2.45, 2.75) is 51.2 Å². The number of hydrogen-bond acceptors (Lipinski definition) is 4. The first-order valence-corrected chi connectivity index (χ1v) is 8.70. The van der Waals surface area contributed by atoms with Gasteiger partial charge in [0.25, 0.3) is 0 Å². The quantitative estimate of drug-likeness (QED) is 0.853. The second kappa shape index (κ2) is 7.87. The fourth-order valence-electron chi connectivity index (χ4n) is 3.25. The summed E-state index contributed by atoms with van der Waals surface area (Å²) in [6, 6.07) is 6.65. The van der Waals surface area contributed by atoms with Gasteiger partial charge in [-0.2, -0.15) is 0 Å². The van der Waals surface area contributed by atoms with Crippen molar-refractivity contribution < 1.29 is 14.3 Å². The van der Waals surface area contributed by atoms with Crippen molar-refractivity contribution in [1.29, 1.82) is 0 Å². The topological polar surface area (TPSA) is 70.7 Å². The standard InChI is InChI=1S/C19H29N3O3/c1-19(2,3)21-17(23)15-7-6-12-22(15)16(18(24)20-4)13-8-10-14(25-5)11-9-13/h8-11,15-16H,6-7,12H2,1-5H3,(H,20,24)(H,21,23)/t15-,16+/m0/s1. The van der Waals surface area contributed by atoms with Crippen molar-refractivity contribution in [3.8, 4) is 5.75 Å². The van der Waals surface area contributed by atoms with Crippen LogP contribution in [-0.4, -0.2) is 49.0 Å². The van der Waals surface area contributed by atoms with Crippen LogP contribution >= 0.6 is 0 Å². The highest BCUT2D eigenvalue weighted by molar-refractivity contribution is 5.86. The van der Waals surface area contributed by atoms with E-state index in [0.29, 0.717) is 6.54 Å². The molecule has 2 amide bonds. The van der Waals surface area contributed by atoms with Gasteiger partial charge in [-0.05, 0) is 51.3 Å². The third-order valence-electron chi connectivity index (χ3n) is 4.35.